The molecular formula is C16H22ClN3O3. The van der Waals surface area contributed by atoms with Crippen LogP contribution in [0.5, 0.6) is 0 Å². The summed E-state index contributed by atoms with van der Waals surface area (Å²) in [5, 5.41) is 3.34. The highest BCUT2D eigenvalue weighted by molar-refractivity contribution is 6.30. The summed E-state index contributed by atoms with van der Waals surface area (Å²) in [6.45, 7) is 2.90. The number of urea groups is 1. The van der Waals surface area contributed by atoms with Gasteiger partial charge in [-0.1, -0.05) is 11.6 Å². The zero-order valence-corrected chi connectivity index (χ0v) is 13.8. The van der Waals surface area contributed by atoms with Gasteiger partial charge in [0, 0.05) is 25.9 Å². The van der Waals surface area contributed by atoms with E-state index in [0.29, 0.717) is 30.5 Å². The molecule has 0 aromatic carbocycles. The Kier molecular flexibility index (Phi) is 5.70. The van der Waals surface area contributed by atoms with E-state index >= 15 is 0 Å². The summed E-state index contributed by atoms with van der Waals surface area (Å²) in [7, 11) is 0. The van der Waals surface area contributed by atoms with Crippen molar-refractivity contribution < 1.29 is 14.3 Å². The highest BCUT2D eigenvalue weighted by Gasteiger charge is 2.25. The molecule has 23 heavy (non-hydrogen) atoms. The number of halogens is 1. The number of amides is 2. The van der Waals surface area contributed by atoms with Gasteiger partial charge in [0.2, 0.25) is 0 Å². The van der Waals surface area contributed by atoms with Gasteiger partial charge >= 0.3 is 6.03 Å². The number of nitrogens with one attached hydrogen (secondary N) is 1. The first-order valence-electron chi connectivity index (χ1n) is 8.11. The minimum atomic E-state index is -0.127. The van der Waals surface area contributed by atoms with Crippen LogP contribution in [0.15, 0.2) is 18.3 Å². The number of pyridine rings is 1. The van der Waals surface area contributed by atoms with E-state index < -0.39 is 0 Å². The molecule has 1 aromatic heterocycles. The quantitative estimate of drug-likeness (QED) is 0.916. The van der Waals surface area contributed by atoms with E-state index in [-0.39, 0.29) is 18.2 Å². The third kappa shape index (κ3) is 4.80. The van der Waals surface area contributed by atoms with Gasteiger partial charge < -0.3 is 14.4 Å². The molecule has 2 aliphatic rings. The molecule has 6 nitrogen and oxygen atoms in total. The van der Waals surface area contributed by atoms with E-state index in [1.807, 2.05) is 0 Å². The molecule has 1 N–H and O–H groups in total. The highest BCUT2D eigenvalue weighted by Crippen LogP contribution is 2.18. The molecule has 2 saturated heterocycles. The van der Waals surface area contributed by atoms with E-state index in [1.165, 1.54) is 6.20 Å². The third-order valence-electron chi connectivity index (χ3n) is 4.23. The molecule has 126 valence electrons. The van der Waals surface area contributed by atoms with Crippen LogP contribution >= 0.6 is 11.6 Å². The predicted octanol–water partition coefficient (Wildman–Crippen LogP) is 2.93. The number of ether oxygens (including phenoxy) is 2. The monoisotopic (exact) mass is 339 g/mol. The number of likely N-dealkylation sites (tertiary alicyclic amines) is 1. The smallest absolute Gasteiger partial charge is 0.323 e. The Morgan fingerprint density at radius 1 is 1.39 bits per heavy atom. The van der Waals surface area contributed by atoms with Crippen LogP contribution in [0.4, 0.5) is 10.6 Å². The first kappa shape index (κ1) is 16.5. The van der Waals surface area contributed by atoms with Crippen molar-refractivity contribution >= 4 is 23.4 Å². The number of hydrogen-bond donors (Lipinski definition) is 1. The summed E-state index contributed by atoms with van der Waals surface area (Å²) < 4.78 is 11.5. The zero-order valence-electron chi connectivity index (χ0n) is 13.0. The Morgan fingerprint density at radius 3 is 2.87 bits per heavy atom. The van der Waals surface area contributed by atoms with Crippen LogP contribution in [0.25, 0.3) is 0 Å². The average Bonchev–Trinajstić information content (AvgIpc) is 3.09. The number of anilines is 1. The van der Waals surface area contributed by atoms with Gasteiger partial charge in [-0.3, -0.25) is 5.32 Å². The maximum absolute atomic E-state index is 12.2. The first-order chi connectivity index (χ1) is 11.2. The van der Waals surface area contributed by atoms with Crippen molar-refractivity contribution in [3.05, 3.63) is 23.4 Å². The molecule has 1 unspecified atom stereocenters. The molecule has 2 aliphatic heterocycles. The number of carbonyl (C=O) groups excluding carboxylic acids is 1. The summed E-state index contributed by atoms with van der Waals surface area (Å²) in [6, 6.07) is 3.27. The van der Waals surface area contributed by atoms with Gasteiger partial charge in [0.25, 0.3) is 0 Å². The lowest BCUT2D eigenvalue weighted by atomic mass is 10.1. The topological polar surface area (TPSA) is 63.7 Å². The number of aromatic nitrogens is 1. The van der Waals surface area contributed by atoms with Crippen LogP contribution in [-0.4, -0.2) is 54.4 Å². The molecule has 1 aromatic rings. The van der Waals surface area contributed by atoms with E-state index in [0.717, 1.165) is 32.3 Å². The van der Waals surface area contributed by atoms with Gasteiger partial charge in [-0.05, 0) is 37.8 Å². The number of rotatable bonds is 4. The van der Waals surface area contributed by atoms with Crippen molar-refractivity contribution in [2.75, 3.05) is 31.6 Å². The van der Waals surface area contributed by atoms with Crippen LogP contribution in [0.1, 0.15) is 25.7 Å². The van der Waals surface area contributed by atoms with Gasteiger partial charge in [0.15, 0.2) is 0 Å². The molecule has 3 heterocycles. The lowest BCUT2D eigenvalue weighted by Gasteiger charge is -2.32. The largest absolute Gasteiger partial charge is 0.376 e. The standard InChI is InChI=1S/C16H22ClN3O3/c17-12-3-4-15(18-10-12)19-16(21)20-7-5-13(6-8-20)23-11-14-2-1-9-22-14/h3-4,10,13-14H,1-2,5-9,11H2,(H,18,19,21). The first-order valence-corrected chi connectivity index (χ1v) is 8.49. The van der Waals surface area contributed by atoms with Gasteiger partial charge in [0.1, 0.15) is 5.82 Å². The molecule has 0 spiro atoms. The third-order valence-corrected chi connectivity index (χ3v) is 4.46. The summed E-state index contributed by atoms with van der Waals surface area (Å²) >= 11 is 5.78. The molecule has 2 fully saturated rings. The van der Waals surface area contributed by atoms with Crippen molar-refractivity contribution in [3.8, 4) is 0 Å². The lowest BCUT2D eigenvalue weighted by molar-refractivity contribution is -0.0377. The Bertz CT molecular complexity index is 512. The van der Waals surface area contributed by atoms with E-state index in [2.05, 4.69) is 10.3 Å². The number of piperidine rings is 1. The molecule has 0 bridgehead atoms. The molecule has 0 radical (unpaired) electrons. The Morgan fingerprint density at radius 2 is 2.22 bits per heavy atom. The molecule has 0 saturated carbocycles. The fourth-order valence-corrected chi connectivity index (χ4v) is 2.99. The van der Waals surface area contributed by atoms with Gasteiger partial charge in [-0.2, -0.15) is 0 Å². The van der Waals surface area contributed by atoms with Crippen molar-refractivity contribution in [1.82, 2.24) is 9.88 Å². The molecular weight excluding hydrogens is 318 g/mol. The maximum Gasteiger partial charge on any atom is 0.323 e. The second-order valence-corrected chi connectivity index (χ2v) is 6.38. The predicted molar refractivity (Wildman–Crippen MR) is 87.8 cm³/mol. The second-order valence-electron chi connectivity index (χ2n) is 5.95. The Hall–Kier alpha value is -1.37. The normalized spacial score (nSPS) is 22.3. The fraction of sp³-hybridized carbons (Fsp3) is 0.625. The fourth-order valence-electron chi connectivity index (χ4n) is 2.88. The van der Waals surface area contributed by atoms with Crippen molar-refractivity contribution in [2.24, 2.45) is 0 Å². The summed E-state index contributed by atoms with van der Waals surface area (Å²) in [5.74, 6) is 0.510. The number of nitrogens with zero attached hydrogens (tertiary/aromatic N) is 2. The zero-order chi connectivity index (χ0) is 16.1. The maximum atomic E-state index is 12.2. The van der Waals surface area contributed by atoms with Crippen LogP contribution in [-0.2, 0) is 9.47 Å². The van der Waals surface area contributed by atoms with Crippen LogP contribution in [0.2, 0.25) is 5.02 Å². The van der Waals surface area contributed by atoms with Crippen LogP contribution in [0, 0.1) is 0 Å². The van der Waals surface area contributed by atoms with E-state index in [9.17, 15) is 4.79 Å². The molecule has 7 heteroatoms. The summed E-state index contributed by atoms with van der Waals surface area (Å²) in [6.07, 6.45) is 5.93. The lowest BCUT2D eigenvalue weighted by Crippen LogP contribution is -2.43. The van der Waals surface area contributed by atoms with Gasteiger partial charge in [0.05, 0.1) is 23.8 Å². The van der Waals surface area contributed by atoms with Gasteiger partial charge in [-0.15, -0.1) is 0 Å². The number of hydrogen-bond acceptors (Lipinski definition) is 4. The minimum Gasteiger partial charge on any atom is -0.376 e. The second kappa shape index (κ2) is 7.95. The van der Waals surface area contributed by atoms with Crippen molar-refractivity contribution in [2.45, 2.75) is 37.9 Å². The summed E-state index contributed by atoms with van der Waals surface area (Å²) in [5.41, 5.74) is 0. The van der Waals surface area contributed by atoms with Crippen LogP contribution in [0.3, 0.4) is 0 Å². The average molecular weight is 340 g/mol. The summed E-state index contributed by atoms with van der Waals surface area (Å²) in [4.78, 5) is 18.1. The van der Waals surface area contributed by atoms with E-state index in [4.69, 9.17) is 21.1 Å². The molecule has 3 rings (SSSR count). The molecule has 2 amide bonds. The van der Waals surface area contributed by atoms with E-state index in [1.54, 1.807) is 17.0 Å². The van der Waals surface area contributed by atoms with Crippen molar-refractivity contribution in [3.63, 3.8) is 0 Å². The molecule has 0 aliphatic carbocycles. The Balaban J connectivity index is 1.39. The van der Waals surface area contributed by atoms with Gasteiger partial charge in [-0.25, -0.2) is 9.78 Å². The van der Waals surface area contributed by atoms with Crippen molar-refractivity contribution in [1.29, 1.82) is 0 Å². The molecule has 1 atom stereocenters. The SMILES string of the molecule is O=C(Nc1ccc(Cl)cn1)N1CCC(OCC2CCCO2)CC1. The van der Waals surface area contributed by atoms with Crippen LogP contribution < -0.4 is 5.32 Å². The number of carbonyl (C=O) groups is 1. The highest BCUT2D eigenvalue weighted by atomic mass is 35.5. The minimum absolute atomic E-state index is 0.127. The Labute approximate surface area is 141 Å².